The van der Waals surface area contributed by atoms with Crippen LogP contribution in [0.3, 0.4) is 0 Å². The Balaban J connectivity index is 1.80. The standard InChI is InChI=1S/C13H13N3O2/c14-13(9-7-15-5-6-16-9)12-8-17-10-3-1-2-4-11(10)18-12/h1-7,12-13H,8,14H2. The van der Waals surface area contributed by atoms with Gasteiger partial charge < -0.3 is 15.2 Å². The van der Waals surface area contributed by atoms with Gasteiger partial charge in [0.1, 0.15) is 6.61 Å². The molecule has 0 amide bonds. The van der Waals surface area contributed by atoms with Crippen LogP contribution >= 0.6 is 0 Å². The third kappa shape index (κ3) is 2.00. The normalized spacial score (nSPS) is 19.3. The number of hydrogen-bond donors (Lipinski definition) is 1. The van der Waals surface area contributed by atoms with E-state index in [1.165, 1.54) is 0 Å². The Labute approximate surface area is 105 Å². The number of ether oxygens (including phenoxy) is 2. The number of hydrogen-bond acceptors (Lipinski definition) is 5. The molecule has 0 spiro atoms. The summed E-state index contributed by atoms with van der Waals surface area (Å²) in [4.78, 5) is 8.19. The van der Waals surface area contributed by atoms with Gasteiger partial charge >= 0.3 is 0 Å². The molecule has 3 rings (SSSR count). The van der Waals surface area contributed by atoms with Crippen molar-refractivity contribution < 1.29 is 9.47 Å². The van der Waals surface area contributed by atoms with Crippen LogP contribution in [-0.2, 0) is 0 Å². The zero-order valence-corrected chi connectivity index (χ0v) is 9.69. The predicted octanol–water partition coefficient (Wildman–Crippen LogP) is 1.32. The van der Waals surface area contributed by atoms with Gasteiger partial charge in [0.25, 0.3) is 0 Å². The van der Waals surface area contributed by atoms with E-state index < -0.39 is 0 Å². The molecule has 0 saturated heterocycles. The number of para-hydroxylation sites is 2. The first kappa shape index (κ1) is 11.0. The van der Waals surface area contributed by atoms with E-state index in [4.69, 9.17) is 15.2 Å². The summed E-state index contributed by atoms with van der Waals surface area (Å²) in [5.74, 6) is 1.47. The van der Waals surface area contributed by atoms with Gasteiger partial charge in [0.2, 0.25) is 0 Å². The lowest BCUT2D eigenvalue weighted by Gasteiger charge is -2.29. The van der Waals surface area contributed by atoms with E-state index in [2.05, 4.69) is 9.97 Å². The van der Waals surface area contributed by atoms with Gasteiger partial charge in [0.15, 0.2) is 17.6 Å². The molecule has 5 heteroatoms. The maximum absolute atomic E-state index is 6.12. The average molecular weight is 243 g/mol. The zero-order valence-electron chi connectivity index (χ0n) is 9.69. The van der Waals surface area contributed by atoms with E-state index >= 15 is 0 Å². The molecule has 2 unspecified atom stereocenters. The van der Waals surface area contributed by atoms with Gasteiger partial charge in [-0.25, -0.2) is 0 Å². The van der Waals surface area contributed by atoms with Gasteiger partial charge in [-0.15, -0.1) is 0 Å². The van der Waals surface area contributed by atoms with Crippen LogP contribution in [0, 0.1) is 0 Å². The van der Waals surface area contributed by atoms with Gasteiger partial charge in [-0.1, -0.05) is 12.1 Å². The molecule has 2 N–H and O–H groups in total. The summed E-state index contributed by atoms with van der Waals surface area (Å²) in [5, 5.41) is 0. The van der Waals surface area contributed by atoms with Crippen LogP contribution in [0.5, 0.6) is 11.5 Å². The van der Waals surface area contributed by atoms with Crippen LogP contribution < -0.4 is 15.2 Å². The fourth-order valence-electron chi connectivity index (χ4n) is 1.89. The Morgan fingerprint density at radius 2 is 2.06 bits per heavy atom. The summed E-state index contributed by atoms with van der Waals surface area (Å²) in [6, 6.07) is 7.19. The molecule has 0 fully saturated rings. The van der Waals surface area contributed by atoms with E-state index in [-0.39, 0.29) is 12.1 Å². The minimum Gasteiger partial charge on any atom is -0.486 e. The third-order valence-corrected chi connectivity index (χ3v) is 2.86. The van der Waals surface area contributed by atoms with Gasteiger partial charge in [-0.3, -0.25) is 9.97 Å². The van der Waals surface area contributed by atoms with Gasteiger partial charge in [0.05, 0.1) is 17.9 Å². The summed E-state index contributed by atoms with van der Waals surface area (Å²) >= 11 is 0. The largest absolute Gasteiger partial charge is 0.486 e. The fourth-order valence-corrected chi connectivity index (χ4v) is 1.89. The van der Waals surface area contributed by atoms with Crippen molar-refractivity contribution in [1.82, 2.24) is 9.97 Å². The van der Waals surface area contributed by atoms with Crippen molar-refractivity contribution >= 4 is 0 Å². The number of rotatable bonds is 2. The molecule has 0 saturated carbocycles. The summed E-state index contributed by atoms with van der Waals surface area (Å²) in [6.45, 7) is 0.411. The van der Waals surface area contributed by atoms with Crippen LogP contribution in [-0.4, -0.2) is 22.7 Å². The Morgan fingerprint density at radius 3 is 2.83 bits per heavy atom. The smallest absolute Gasteiger partial charge is 0.161 e. The average Bonchev–Trinajstić information content (AvgIpc) is 2.47. The third-order valence-electron chi connectivity index (χ3n) is 2.86. The van der Waals surface area contributed by atoms with Crippen molar-refractivity contribution in [2.75, 3.05) is 6.61 Å². The van der Waals surface area contributed by atoms with E-state index in [0.717, 1.165) is 5.75 Å². The fraction of sp³-hybridized carbons (Fsp3) is 0.231. The quantitative estimate of drug-likeness (QED) is 0.861. The molecule has 5 nitrogen and oxygen atoms in total. The molecule has 1 aromatic carbocycles. The lowest BCUT2D eigenvalue weighted by Crippen LogP contribution is -2.39. The molecular weight excluding hydrogens is 230 g/mol. The van der Waals surface area contributed by atoms with E-state index in [0.29, 0.717) is 18.1 Å². The first-order valence-corrected chi connectivity index (χ1v) is 5.74. The summed E-state index contributed by atoms with van der Waals surface area (Å²) < 4.78 is 11.5. The number of nitrogens with zero attached hydrogens (tertiary/aromatic N) is 2. The Kier molecular flexibility index (Phi) is 2.82. The van der Waals surface area contributed by atoms with E-state index in [1.54, 1.807) is 18.6 Å². The summed E-state index contributed by atoms with van der Waals surface area (Å²) in [5.41, 5.74) is 6.82. The van der Waals surface area contributed by atoms with Crippen molar-refractivity contribution in [3.8, 4) is 11.5 Å². The van der Waals surface area contributed by atoms with Crippen molar-refractivity contribution in [1.29, 1.82) is 0 Å². The number of aromatic nitrogens is 2. The van der Waals surface area contributed by atoms with Crippen molar-refractivity contribution in [2.24, 2.45) is 5.73 Å². The van der Waals surface area contributed by atoms with Crippen LogP contribution in [0.4, 0.5) is 0 Å². The molecule has 92 valence electrons. The molecule has 1 aromatic heterocycles. The van der Waals surface area contributed by atoms with E-state index in [1.807, 2.05) is 24.3 Å². The van der Waals surface area contributed by atoms with Crippen LogP contribution in [0.25, 0.3) is 0 Å². The first-order valence-electron chi connectivity index (χ1n) is 5.74. The highest BCUT2D eigenvalue weighted by Crippen LogP contribution is 2.33. The molecule has 0 bridgehead atoms. The monoisotopic (exact) mass is 243 g/mol. The molecule has 2 heterocycles. The second-order valence-corrected chi connectivity index (χ2v) is 4.07. The highest BCUT2D eigenvalue weighted by atomic mass is 16.6. The predicted molar refractivity (Wildman–Crippen MR) is 65.3 cm³/mol. The lowest BCUT2D eigenvalue weighted by molar-refractivity contribution is 0.0710. The molecule has 0 aliphatic carbocycles. The van der Waals surface area contributed by atoms with Crippen LogP contribution in [0.1, 0.15) is 11.7 Å². The SMILES string of the molecule is NC(c1cnccn1)C1COc2ccccc2O1. The highest BCUT2D eigenvalue weighted by molar-refractivity contribution is 5.41. The minimum absolute atomic E-state index is 0.253. The van der Waals surface area contributed by atoms with Crippen molar-refractivity contribution in [3.05, 3.63) is 48.5 Å². The Bertz CT molecular complexity index is 533. The molecule has 18 heavy (non-hydrogen) atoms. The van der Waals surface area contributed by atoms with Crippen molar-refractivity contribution in [3.63, 3.8) is 0 Å². The maximum atomic E-state index is 6.12. The highest BCUT2D eigenvalue weighted by Gasteiger charge is 2.28. The van der Waals surface area contributed by atoms with Gasteiger partial charge in [-0.2, -0.15) is 0 Å². The summed E-state index contributed by atoms with van der Waals surface area (Å²) in [6.07, 6.45) is 4.63. The second kappa shape index (κ2) is 4.62. The van der Waals surface area contributed by atoms with Crippen LogP contribution in [0.15, 0.2) is 42.9 Å². The Morgan fingerprint density at radius 1 is 1.22 bits per heavy atom. The minimum atomic E-state index is -0.355. The van der Waals surface area contributed by atoms with Gasteiger partial charge in [0, 0.05) is 12.4 Å². The van der Waals surface area contributed by atoms with E-state index in [9.17, 15) is 0 Å². The van der Waals surface area contributed by atoms with Crippen LogP contribution in [0.2, 0.25) is 0 Å². The molecule has 1 aliphatic heterocycles. The number of nitrogens with two attached hydrogens (primary N) is 1. The number of benzene rings is 1. The molecule has 2 aromatic rings. The molecule has 2 atom stereocenters. The zero-order chi connectivity index (χ0) is 12.4. The molecule has 0 radical (unpaired) electrons. The topological polar surface area (TPSA) is 70.3 Å². The maximum Gasteiger partial charge on any atom is 0.161 e. The van der Waals surface area contributed by atoms with Gasteiger partial charge in [-0.05, 0) is 12.1 Å². The summed E-state index contributed by atoms with van der Waals surface area (Å²) in [7, 11) is 0. The lowest BCUT2D eigenvalue weighted by atomic mass is 10.1. The Hall–Kier alpha value is -2.14. The van der Waals surface area contributed by atoms with Crippen molar-refractivity contribution in [2.45, 2.75) is 12.1 Å². The second-order valence-electron chi connectivity index (χ2n) is 4.07. The first-order chi connectivity index (χ1) is 8.84. The molecule has 1 aliphatic rings. The molecular formula is C13H13N3O2. The number of fused-ring (bicyclic) bond motifs is 1.